The zero-order valence-electron chi connectivity index (χ0n) is 14.6. The SMILES string of the molecule is Cc1nnc(SCc2nnc(C3CCC3)n2C)n1C1CCCCC1. The Morgan fingerprint density at radius 3 is 2.46 bits per heavy atom. The summed E-state index contributed by atoms with van der Waals surface area (Å²) in [7, 11) is 2.10. The molecule has 7 heteroatoms. The van der Waals surface area contributed by atoms with Crippen LogP contribution in [0.25, 0.3) is 0 Å². The Morgan fingerprint density at radius 2 is 1.75 bits per heavy atom. The maximum Gasteiger partial charge on any atom is 0.191 e. The monoisotopic (exact) mass is 346 g/mol. The highest BCUT2D eigenvalue weighted by Crippen LogP contribution is 2.36. The van der Waals surface area contributed by atoms with Crippen molar-refractivity contribution in [2.75, 3.05) is 0 Å². The molecule has 130 valence electrons. The van der Waals surface area contributed by atoms with Gasteiger partial charge in [-0.3, -0.25) is 0 Å². The number of nitrogens with zero attached hydrogens (tertiary/aromatic N) is 6. The molecular weight excluding hydrogens is 320 g/mol. The van der Waals surface area contributed by atoms with Crippen LogP contribution in [-0.4, -0.2) is 29.5 Å². The highest BCUT2D eigenvalue weighted by molar-refractivity contribution is 7.98. The molecule has 2 heterocycles. The van der Waals surface area contributed by atoms with Gasteiger partial charge in [-0.25, -0.2) is 0 Å². The van der Waals surface area contributed by atoms with Crippen molar-refractivity contribution in [2.45, 2.75) is 81.2 Å². The number of aryl methyl sites for hydroxylation is 1. The van der Waals surface area contributed by atoms with Gasteiger partial charge in [0.15, 0.2) is 5.16 Å². The molecule has 0 atom stereocenters. The van der Waals surface area contributed by atoms with E-state index in [0.29, 0.717) is 12.0 Å². The summed E-state index contributed by atoms with van der Waals surface area (Å²) < 4.78 is 4.54. The third-order valence-corrected chi connectivity index (χ3v) is 6.51. The molecule has 0 bridgehead atoms. The first kappa shape index (κ1) is 16.1. The topological polar surface area (TPSA) is 61.4 Å². The fourth-order valence-electron chi connectivity index (χ4n) is 3.86. The van der Waals surface area contributed by atoms with Gasteiger partial charge >= 0.3 is 0 Å². The fourth-order valence-corrected chi connectivity index (χ4v) is 4.89. The molecule has 2 aliphatic rings. The zero-order valence-corrected chi connectivity index (χ0v) is 15.4. The lowest BCUT2D eigenvalue weighted by Crippen LogP contribution is -2.15. The Kier molecular flexibility index (Phi) is 4.61. The van der Waals surface area contributed by atoms with Crippen LogP contribution in [0.3, 0.4) is 0 Å². The second-order valence-electron chi connectivity index (χ2n) is 7.14. The second-order valence-corrected chi connectivity index (χ2v) is 8.08. The van der Waals surface area contributed by atoms with Gasteiger partial charge in [0.2, 0.25) is 0 Å². The van der Waals surface area contributed by atoms with Crippen LogP contribution in [0.2, 0.25) is 0 Å². The summed E-state index contributed by atoms with van der Waals surface area (Å²) in [6.45, 7) is 2.07. The molecule has 2 aliphatic carbocycles. The van der Waals surface area contributed by atoms with Gasteiger partial charge < -0.3 is 9.13 Å². The maximum atomic E-state index is 4.42. The van der Waals surface area contributed by atoms with Crippen LogP contribution in [-0.2, 0) is 12.8 Å². The molecule has 0 N–H and O–H groups in total. The van der Waals surface area contributed by atoms with Gasteiger partial charge in [0.25, 0.3) is 0 Å². The summed E-state index contributed by atoms with van der Waals surface area (Å²) >= 11 is 1.75. The highest BCUT2D eigenvalue weighted by atomic mass is 32.2. The van der Waals surface area contributed by atoms with E-state index in [1.54, 1.807) is 11.8 Å². The molecule has 2 aromatic rings. The lowest BCUT2D eigenvalue weighted by Gasteiger charge is -2.25. The fraction of sp³-hybridized carbons (Fsp3) is 0.765. The second kappa shape index (κ2) is 6.86. The third-order valence-electron chi connectivity index (χ3n) is 5.57. The van der Waals surface area contributed by atoms with Crippen molar-refractivity contribution in [3.63, 3.8) is 0 Å². The number of hydrogen-bond donors (Lipinski definition) is 0. The van der Waals surface area contributed by atoms with Crippen molar-refractivity contribution in [3.8, 4) is 0 Å². The first-order chi connectivity index (χ1) is 11.7. The third kappa shape index (κ3) is 2.98. The van der Waals surface area contributed by atoms with Crippen LogP contribution in [0.15, 0.2) is 5.16 Å². The molecule has 2 saturated carbocycles. The average molecular weight is 347 g/mol. The molecule has 2 fully saturated rings. The first-order valence-corrected chi connectivity index (χ1v) is 10.1. The van der Waals surface area contributed by atoms with Gasteiger partial charge in [-0.05, 0) is 32.6 Å². The molecule has 0 amide bonds. The molecule has 0 radical (unpaired) electrons. The quantitative estimate of drug-likeness (QED) is 0.771. The summed E-state index contributed by atoms with van der Waals surface area (Å²) in [5.41, 5.74) is 0. The maximum absolute atomic E-state index is 4.42. The van der Waals surface area contributed by atoms with E-state index < -0.39 is 0 Å². The summed E-state index contributed by atoms with van der Waals surface area (Å²) in [4.78, 5) is 0. The summed E-state index contributed by atoms with van der Waals surface area (Å²) in [6, 6.07) is 0.571. The van der Waals surface area contributed by atoms with Crippen LogP contribution < -0.4 is 0 Å². The van der Waals surface area contributed by atoms with Crippen molar-refractivity contribution in [3.05, 3.63) is 17.5 Å². The van der Waals surface area contributed by atoms with Crippen molar-refractivity contribution in [1.82, 2.24) is 29.5 Å². The number of hydrogen-bond acceptors (Lipinski definition) is 5. The van der Waals surface area contributed by atoms with E-state index in [0.717, 1.165) is 28.4 Å². The smallest absolute Gasteiger partial charge is 0.191 e. The molecule has 0 aliphatic heterocycles. The van der Waals surface area contributed by atoms with E-state index in [9.17, 15) is 0 Å². The van der Waals surface area contributed by atoms with E-state index >= 15 is 0 Å². The van der Waals surface area contributed by atoms with Crippen molar-refractivity contribution in [2.24, 2.45) is 7.05 Å². The Labute approximate surface area is 147 Å². The standard InChI is InChI=1S/C17H26N6S/c1-12-18-21-17(23(12)14-9-4-3-5-10-14)24-11-15-19-20-16(22(15)2)13-7-6-8-13/h13-14H,3-11H2,1-2H3. The van der Waals surface area contributed by atoms with Crippen LogP contribution >= 0.6 is 11.8 Å². The van der Waals surface area contributed by atoms with Gasteiger partial charge in [0.05, 0.1) is 5.75 Å². The lowest BCUT2D eigenvalue weighted by molar-refractivity contribution is 0.332. The van der Waals surface area contributed by atoms with E-state index in [2.05, 4.69) is 43.5 Å². The molecule has 4 rings (SSSR count). The first-order valence-electron chi connectivity index (χ1n) is 9.16. The van der Waals surface area contributed by atoms with E-state index in [1.165, 1.54) is 51.4 Å². The van der Waals surface area contributed by atoms with Crippen molar-refractivity contribution < 1.29 is 0 Å². The normalized spacial score (nSPS) is 19.6. The summed E-state index contributed by atoms with van der Waals surface area (Å²) in [5.74, 6) is 4.66. The minimum atomic E-state index is 0.571. The molecular formula is C17H26N6S. The molecule has 0 spiro atoms. The van der Waals surface area contributed by atoms with Crippen LogP contribution in [0.4, 0.5) is 0 Å². The predicted octanol–water partition coefficient (Wildman–Crippen LogP) is 3.78. The molecule has 0 unspecified atom stereocenters. The Bertz CT molecular complexity index is 696. The van der Waals surface area contributed by atoms with E-state index in [4.69, 9.17) is 0 Å². The number of aromatic nitrogens is 6. The molecule has 24 heavy (non-hydrogen) atoms. The average Bonchev–Trinajstić information content (AvgIpc) is 3.09. The Morgan fingerprint density at radius 1 is 0.958 bits per heavy atom. The van der Waals surface area contributed by atoms with Crippen molar-refractivity contribution in [1.29, 1.82) is 0 Å². The van der Waals surface area contributed by atoms with Gasteiger partial charge in [0, 0.05) is 19.0 Å². The van der Waals surface area contributed by atoms with Crippen molar-refractivity contribution >= 4 is 11.8 Å². The molecule has 2 aromatic heterocycles. The molecule has 0 aromatic carbocycles. The Hall–Kier alpha value is -1.37. The number of thioether (sulfide) groups is 1. The van der Waals surface area contributed by atoms with Gasteiger partial charge in [-0.1, -0.05) is 37.4 Å². The largest absolute Gasteiger partial charge is 0.317 e. The van der Waals surface area contributed by atoms with Crippen LogP contribution in [0.5, 0.6) is 0 Å². The molecule has 0 saturated heterocycles. The van der Waals surface area contributed by atoms with Gasteiger partial charge in [-0.15, -0.1) is 20.4 Å². The minimum absolute atomic E-state index is 0.571. The number of rotatable bonds is 5. The van der Waals surface area contributed by atoms with E-state index in [-0.39, 0.29) is 0 Å². The van der Waals surface area contributed by atoms with E-state index in [1.807, 2.05) is 0 Å². The summed E-state index contributed by atoms with van der Waals surface area (Å²) in [6.07, 6.45) is 10.3. The minimum Gasteiger partial charge on any atom is -0.317 e. The van der Waals surface area contributed by atoms with Crippen LogP contribution in [0.1, 0.15) is 80.8 Å². The summed E-state index contributed by atoms with van der Waals surface area (Å²) in [5, 5.41) is 18.6. The Balaban J connectivity index is 1.47. The predicted molar refractivity (Wildman–Crippen MR) is 94.0 cm³/mol. The van der Waals surface area contributed by atoms with Crippen LogP contribution in [0, 0.1) is 6.92 Å². The van der Waals surface area contributed by atoms with Gasteiger partial charge in [0.1, 0.15) is 17.5 Å². The highest BCUT2D eigenvalue weighted by Gasteiger charge is 2.26. The zero-order chi connectivity index (χ0) is 16.5. The molecule has 6 nitrogen and oxygen atoms in total. The van der Waals surface area contributed by atoms with Gasteiger partial charge in [-0.2, -0.15) is 0 Å². The lowest BCUT2D eigenvalue weighted by atomic mass is 9.85.